The van der Waals surface area contributed by atoms with E-state index in [2.05, 4.69) is 0 Å². The van der Waals surface area contributed by atoms with Gasteiger partial charge in [-0.15, -0.1) is 0 Å². The highest BCUT2D eigenvalue weighted by atomic mass is 127. The number of hydrogen-bond acceptors (Lipinski definition) is 0. The first-order chi connectivity index (χ1) is 4.93. The number of aromatic nitrogens is 1. The molecule has 1 rings (SSSR count). The fourth-order valence-electron chi connectivity index (χ4n) is 0.771. The Balaban J connectivity index is 3.15. The van der Waals surface area contributed by atoms with E-state index in [9.17, 15) is 13.2 Å². The van der Waals surface area contributed by atoms with Crippen molar-refractivity contribution in [3.05, 3.63) is 21.5 Å². The summed E-state index contributed by atoms with van der Waals surface area (Å²) in [6.07, 6.45) is -4.24. The molecule has 1 aromatic heterocycles. The molecule has 0 spiro atoms. The minimum Gasteiger partial charge on any atom is -0.336 e. The molecule has 0 saturated carbocycles. The average molecular weight is 275 g/mol. The second-order valence-electron chi connectivity index (χ2n) is 2.10. The van der Waals surface area contributed by atoms with Crippen LogP contribution < -0.4 is 0 Å². The molecule has 62 valence electrons. The molecule has 1 nitrogen and oxygen atoms in total. The zero-order valence-electron chi connectivity index (χ0n) is 5.61. The topological polar surface area (TPSA) is 4.93 Å². The van der Waals surface area contributed by atoms with Crippen LogP contribution in [0.2, 0.25) is 0 Å². The van der Waals surface area contributed by atoms with Crippen molar-refractivity contribution in [2.45, 2.75) is 6.18 Å². The number of hydrogen-bond donors (Lipinski definition) is 0. The van der Waals surface area contributed by atoms with E-state index in [1.54, 1.807) is 0 Å². The average Bonchev–Trinajstić information content (AvgIpc) is 2.11. The van der Waals surface area contributed by atoms with E-state index in [4.69, 9.17) is 0 Å². The van der Waals surface area contributed by atoms with Gasteiger partial charge < -0.3 is 4.57 Å². The Morgan fingerprint density at radius 3 is 2.09 bits per heavy atom. The third kappa shape index (κ3) is 1.69. The van der Waals surface area contributed by atoms with Gasteiger partial charge in [-0.3, -0.25) is 0 Å². The zero-order chi connectivity index (χ0) is 8.65. The van der Waals surface area contributed by atoms with Crippen molar-refractivity contribution >= 4 is 22.6 Å². The van der Waals surface area contributed by atoms with Gasteiger partial charge >= 0.3 is 6.18 Å². The smallest absolute Gasteiger partial charge is 0.336 e. The maximum Gasteiger partial charge on any atom is 0.431 e. The molecule has 0 aliphatic carbocycles. The summed E-state index contributed by atoms with van der Waals surface area (Å²) in [6.45, 7) is 0. The molecule has 5 heteroatoms. The highest BCUT2D eigenvalue weighted by molar-refractivity contribution is 14.1. The van der Waals surface area contributed by atoms with Crippen molar-refractivity contribution in [2.75, 3.05) is 0 Å². The van der Waals surface area contributed by atoms with E-state index in [0.717, 1.165) is 10.6 Å². The van der Waals surface area contributed by atoms with Gasteiger partial charge in [0.2, 0.25) is 0 Å². The van der Waals surface area contributed by atoms with Crippen LogP contribution in [0.15, 0.2) is 12.1 Å². The van der Waals surface area contributed by atoms with E-state index in [1.165, 1.54) is 13.1 Å². The Labute approximate surface area is 75.3 Å². The fraction of sp³-hybridized carbons (Fsp3) is 0.333. The maximum atomic E-state index is 12.0. The van der Waals surface area contributed by atoms with Crippen LogP contribution in [0.1, 0.15) is 5.69 Å². The van der Waals surface area contributed by atoms with Crippen LogP contribution in [0.3, 0.4) is 0 Å². The molecule has 0 saturated heterocycles. The lowest BCUT2D eigenvalue weighted by atomic mass is 10.4. The molecule has 0 unspecified atom stereocenters. The molecule has 0 aromatic carbocycles. The quantitative estimate of drug-likeness (QED) is 0.641. The van der Waals surface area contributed by atoms with Crippen LogP contribution in [-0.2, 0) is 13.2 Å². The highest BCUT2D eigenvalue weighted by Gasteiger charge is 2.33. The van der Waals surface area contributed by atoms with Gasteiger partial charge in [0.15, 0.2) is 0 Å². The normalized spacial score (nSPS) is 12.1. The summed E-state index contributed by atoms with van der Waals surface area (Å²) in [4.78, 5) is 0. The molecule has 11 heavy (non-hydrogen) atoms. The Morgan fingerprint density at radius 2 is 1.91 bits per heavy atom. The first kappa shape index (κ1) is 8.89. The van der Waals surface area contributed by atoms with Gasteiger partial charge in [0.05, 0.1) is 3.70 Å². The molecule has 0 amide bonds. The summed E-state index contributed by atoms with van der Waals surface area (Å²) in [5, 5.41) is 0. The molecular formula is C6H5F3IN. The largest absolute Gasteiger partial charge is 0.431 e. The maximum absolute atomic E-state index is 12.0. The zero-order valence-corrected chi connectivity index (χ0v) is 7.77. The predicted molar refractivity (Wildman–Crippen MR) is 43.1 cm³/mol. The van der Waals surface area contributed by atoms with Crippen molar-refractivity contribution in [1.82, 2.24) is 4.57 Å². The lowest BCUT2D eigenvalue weighted by Crippen LogP contribution is -2.11. The summed E-state index contributed by atoms with van der Waals surface area (Å²) >= 11 is 1.85. The minimum absolute atomic E-state index is 0.579. The molecular weight excluding hydrogens is 270 g/mol. The predicted octanol–water partition coefficient (Wildman–Crippen LogP) is 2.65. The van der Waals surface area contributed by atoms with Gasteiger partial charge in [-0.1, -0.05) is 0 Å². The van der Waals surface area contributed by atoms with Crippen molar-refractivity contribution in [3.63, 3.8) is 0 Å². The number of nitrogens with zero attached hydrogens (tertiary/aromatic N) is 1. The Kier molecular flexibility index (Phi) is 2.17. The van der Waals surface area contributed by atoms with Crippen LogP contribution in [0.25, 0.3) is 0 Å². The third-order valence-corrected chi connectivity index (χ3v) is 2.43. The highest BCUT2D eigenvalue weighted by Crippen LogP contribution is 2.30. The SMILES string of the molecule is Cn1c(I)ccc1C(F)(F)F. The Morgan fingerprint density at radius 1 is 1.36 bits per heavy atom. The van der Waals surface area contributed by atoms with E-state index >= 15 is 0 Å². The lowest BCUT2D eigenvalue weighted by Gasteiger charge is -2.07. The molecule has 0 radical (unpaired) electrons. The van der Waals surface area contributed by atoms with Crippen molar-refractivity contribution in [1.29, 1.82) is 0 Å². The first-order valence-corrected chi connectivity index (χ1v) is 3.89. The standard InChI is InChI=1S/C6H5F3IN/c1-11-4(6(7,8)9)2-3-5(11)10/h2-3H,1H3. The Hall–Kier alpha value is -0.200. The molecule has 1 heterocycles. The minimum atomic E-state index is -4.24. The van der Waals surface area contributed by atoms with Gasteiger partial charge in [-0.25, -0.2) is 0 Å². The van der Waals surface area contributed by atoms with E-state index < -0.39 is 11.9 Å². The van der Waals surface area contributed by atoms with E-state index in [0.29, 0.717) is 3.70 Å². The van der Waals surface area contributed by atoms with Crippen LogP contribution in [-0.4, -0.2) is 4.57 Å². The first-order valence-electron chi connectivity index (χ1n) is 2.81. The van der Waals surface area contributed by atoms with Gasteiger partial charge in [0.1, 0.15) is 5.69 Å². The van der Waals surface area contributed by atoms with Crippen LogP contribution in [0.5, 0.6) is 0 Å². The number of halogens is 4. The van der Waals surface area contributed by atoms with Crippen LogP contribution in [0, 0.1) is 3.70 Å². The molecule has 0 bridgehead atoms. The van der Waals surface area contributed by atoms with Gasteiger partial charge in [-0.05, 0) is 34.7 Å². The molecule has 0 aliphatic rings. The van der Waals surface area contributed by atoms with Gasteiger partial charge in [0.25, 0.3) is 0 Å². The molecule has 0 fully saturated rings. The lowest BCUT2D eigenvalue weighted by molar-refractivity contribution is -0.143. The summed E-state index contributed by atoms with van der Waals surface area (Å²) < 4.78 is 37.8. The third-order valence-electron chi connectivity index (χ3n) is 1.35. The summed E-state index contributed by atoms with van der Waals surface area (Å²) in [5.41, 5.74) is -0.609. The summed E-state index contributed by atoms with van der Waals surface area (Å²) in [6, 6.07) is 2.51. The number of rotatable bonds is 0. The summed E-state index contributed by atoms with van der Waals surface area (Å²) in [7, 11) is 1.39. The molecule has 0 atom stereocenters. The molecule has 0 aliphatic heterocycles. The molecule has 1 aromatic rings. The van der Waals surface area contributed by atoms with Gasteiger partial charge in [0, 0.05) is 7.05 Å². The number of alkyl halides is 3. The van der Waals surface area contributed by atoms with E-state index in [1.807, 2.05) is 22.6 Å². The van der Waals surface area contributed by atoms with Gasteiger partial charge in [-0.2, -0.15) is 13.2 Å². The molecule has 0 N–H and O–H groups in total. The second kappa shape index (κ2) is 2.69. The van der Waals surface area contributed by atoms with Crippen molar-refractivity contribution in [3.8, 4) is 0 Å². The van der Waals surface area contributed by atoms with Crippen molar-refractivity contribution in [2.24, 2.45) is 7.05 Å². The van der Waals surface area contributed by atoms with Crippen LogP contribution in [0.4, 0.5) is 13.2 Å². The summed E-state index contributed by atoms with van der Waals surface area (Å²) in [5.74, 6) is 0. The van der Waals surface area contributed by atoms with Crippen molar-refractivity contribution < 1.29 is 13.2 Å². The Bertz CT molecular complexity index is 263. The second-order valence-corrected chi connectivity index (χ2v) is 3.20. The monoisotopic (exact) mass is 275 g/mol. The van der Waals surface area contributed by atoms with E-state index in [-0.39, 0.29) is 0 Å². The van der Waals surface area contributed by atoms with Crippen LogP contribution >= 0.6 is 22.6 Å². The fourth-order valence-corrected chi connectivity index (χ4v) is 1.21.